The van der Waals surface area contributed by atoms with Crippen LogP contribution in [0.1, 0.15) is 29.2 Å². The predicted molar refractivity (Wildman–Crippen MR) is 211 cm³/mol. The topological polar surface area (TPSA) is 35.6 Å². The second-order valence-electron chi connectivity index (χ2n) is 12.5. The van der Waals surface area contributed by atoms with Gasteiger partial charge in [-0.15, -0.1) is 0 Å². The molecule has 4 nitrogen and oxygen atoms in total. The molecular weight excluding hydrogens is 611 g/mol. The molecule has 5 aromatic carbocycles. The standard InChI is InChI=1S/C46H41N3O/c1-3-14-34(15-4-2)43(46(50)47-39-16-8-5-9-17-39)25-24-42(35-22-26-44-37(32-35)28-30-48(44)40-18-10-6-11-19-40)36-23-27-45-38(33-36)29-31-49(45)41-20-12-7-13-21-41/h3-27,32-33H,1,28-31H2,2H3,(H,47,50)/b15-4-,34-14+,43-25+. The van der Waals surface area contributed by atoms with Gasteiger partial charge in [-0.3, -0.25) is 4.79 Å². The molecule has 0 bridgehead atoms. The molecule has 50 heavy (non-hydrogen) atoms. The van der Waals surface area contributed by atoms with Crippen molar-refractivity contribution in [3.8, 4) is 0 Å². The van der Waals surface area contributed by atoms with Crippen molar-refractivity contribution in [2.45, 2.75) is 19.8 Å². The summed E-state index contributed by atoms with van der Waals surface area (Å²) < 4.78 is 0. The van der Waals surface area contributed by atoms with E-state index in [0.29, 0.717) is 5.57 Å². The van der Waals surface area contributed by atoms with Crippen LogP contribution in [0.25, 0.3) is 5.57 Å². The van der Waals surface area contributed by atoms with E-state index >= 15 is 0 Å². The van der Waals surface area contributed by atoms with Gasteiger partial charge in [0.15, 0.2) is 0 Å². The number of carbonyl (C=O) groups is 1. The largest absolute Gasteiger partial charge is 0.341 e. The highest BCUT2D eigenvalue weighted by Crippen LogP contribution is 2.40. The number of carbonyl (C=O) groups excluding carboxylic acids is 1. The van der Waals surface area contributed by atoms with Crippen LogP contribution in [-0.4, -0.2) is 19.0 Å². The van der Waals surface area contributed by atoms with Gasteiger partial charge < -0.3 is 15.1 Å². The average Bonchev–Trinajstić information content (AvgIpc) is 3.79. The molecule has 4 heteroatoms. The molecular formula is C46H41N3O. The number of benzene rings is 5. The van der Waals surface area contributed by atoms with Crippen LogP contribution in [0.4, 0.5) is 28.4 Å². The second kappa shape index (κ2) is 15.0. The third kappa shape index (κ3) is 6.87. The van der Waals surface area contributed by atoms with Gasteiger partial charge in [-0.2, -0.15) is 0 Å². The normalized spacial score (nSPS) is 14.0. The summed E-state index contributed by atoms with van der Waals surface area (Å²) in [5.74, 6) is -0.182. The van der Waals surface area contributed by atoms with E-state index in [1.165, 1.54) is 33.9 Å². The first-order valence-corrected chi connectivity index (χ1v) is 17.3. The zero-order chi connectivity index (χ0) is 34.3. The van der Waals surface area contributed by atoms with Gasteiger partial charge in [-0.1, -0.05) is 104 Å². The molecule has 2 heterocycles. The zero-order valence-corrected chi connectivity index (χ0v) is 28.4. The van der Waals surface area contributed by atoms with Crippen molar-refractivity contribution in [1.82, 2.24) is 0 Å². The molecule has 0 fully saturated rings. The quantitative estimate of drug-likeness (QED) is 0.121. The predicted octanol–water partition coefficient (Wildman–Crippen LogP) is 10.8. The SMILES string of the molecule is C=C/C=C(\C=C/C)C(=C\C=C(c1ccc2c(c1)CCN2c1ccccc1)c1ccc2c(c1)CCN2c1ccccc1)/C(=O)Nc1ccccc1. The van der Waals surface area contributed by atoms with Crippen molar-refractivity contribution in [3.05, 3.63) is 204 Å². The number of rotatable bonds is 10. The van der Waals surface area contributed by atoms with Crippen molar-refractivity contribution in [1.29, 1.82) is 0 Å². The minimum Gasteiger partial charge on any atom is -0.341 e. The summed E-state index contributed by atoms with van der Waals surface area (Å²) in [5, 5.41) is 3.09. The number of para-hydroxylation sites is 3. The number of nitrogens with zero attached hydrogens (tertiary/aromatic N) is 2. The van der Waals surface area contributed by atoms with Crippen molar-refractivity contribution in [2.24, 2.45) is 0 Å². The molecule has 0 unspecified atom stereocenters. The maximum Gasteiger partial charge on any atom is 0.256 e. The summed E-state index contributed by atoms with van der Waals surface area (Å²) in [6.07, 6.45) is 13.5. The van der Waals surface area contributed by atoms with E-state index in [9.17, 15) is 4.79 Å². The fourth-order valence-corrected chi connectivity index (χ4v) is 6.98. The number of amides is 1. The summed E-state index contributed by atoms with van der Waals surface area (Å²) in [5.41, 5.74) is 12.9. The highest BCUT2D eigenvalue weighted by molar-refractivity contribution is 6.08. The summed E-state index contributed by atoms with van der Waals surface area (Å²) in [6.45, 7) is 7.77. The van der Waals surface area contributed by atoms with E-state index in [2.05, 4.69) is 125 Å². The number of fused-ring (bicyclic) bond motifs is 2. The average molecular weight is 652 g/mol. The molecule has 0 aromatic heterocycles. The summed E-state index contributed by atoms with van der Waals surface area (Å²) in [6, 6.07) is 44.4. The molecule has 1 amide bonds. The molecule has 0 radical (unpaired) electrons. The van der Waals surface area contributed by atoms with E-state index in [0.717, 1.165) is 53.9 Å². The van der Waals surface area contributed by atoms with E-state index in [1.54, 1.807) is 6.08 Å². The van der Waals surface area contributed by atoms with Crippen LogP contribution in [0.5, 0.6) is 0 Å². The molecule has 246 valence electrons. The first-order valence-electron chi connectivity index (χ1n) is 17.3. The Morgan fingerprint density at radius 3 is 1.68 bits per heavy atom. The second-order valence-corrected chi connectivity index (χ2v) is 12.5. The van der Waals surface area contributed by atoms with Crippen LogP contribution in [0.15, 0.2) is 182 Å². The Kier molecular flexibility index (Phi) is 9.70. The number of anilines is 5. The van der Waals surface area contributed by atoms with E-state index in [1.807, 2.05) is 61.6 Å². The van der Waals surface area contributed by atoms with Gasteiger partial charge >= 0.3 is 0 Å². The van der Waals surface area contributed by atoms with E-state index < -0.39 is 0 Å². The zero-order valence-electron chi connectivity index (χ0n) is 28.4. The maximum absolute atomic E-state index is 13.9. The fraction of sp³-hybridized carbons (Fsp3) is 0.109. The van der Waals surface area contributed by atoms with Gasteiger partial charge in [0.2, 0.25) is 0 Å². The Labute approximate surface area is 295 Å². The maximum atomic E-state index is 13.9. The van der Waals surface area contributed by atoms with E-state index in [-0.39, 0.29) is 5.91 Å². The van der Waals surface area contributed by atoms with Crippen LogP contribution in [-0.2, 0) is 17.6 Å². The highest BCUT2D eigenvalue weighted by Gasteiger charge is 2.24. The van der Waals surface area contributed by atoms with Crippen LogP contribution in [0.2, 0.25) is 0 Å². The summed E-state index contributed by atoms with van der Waals surface area (Å²) in [7, 11) is 0. The smallest absolute Gasteiger partial charge is 0.256 e. The molecule has 0 spiro atoms. The number of hydrogen-bond acceptors (Lipinski definition) is 3. The third-order valence-electron chi connectivity index (χ3n) is 9.36. The number of nitrogens with one attached hydrogen (secondary N) is 1. The van der Waals surface area contributed by atoms with Crippen LogP contribution in [0, 0.1) is 0 Å². The lowest BCUT2D eigenvalue weighted by Gasteiger charge is -2.21. The molecule has 5 aromatic rings. The summed E-state index contributed by atoms with van der Waals surface area (Å²) in [4.78, 5) is 18.7. The first-order chi connectivity index (χ1) is 24.6. The first kappa shape index (κ1) is 32.4. The third-order valence-corrected chi connectivity index (χ3v) is 9.36. The van der Waals surface area contributed by atoms with Gasteiger partial charge in [-0.25, -0.2) is 0 Å². The Balaban J connectivity index is 1.33. The Bertz CT molecular complexity index is 2020. The molecule has 1 N–H and O–H groups in total. The van der Waals surface area contributed by atoms with Crippen molar-refractivity contribution >= 4 is 39.9 Å². The van der Waals surface area contributed by atoms with E-state index in [4.69, 9.17) is 0 Å². The van der Waals surface area contributed by atoms with Crippen molar-refractivity contribution in [2.75, 3.05) is 28.2 Å². The monoisotopic (exact) mass is 651 g/mol. The molecule has 0 aliphatic carbocycles. The van der Waals surface area contributed by atoms with Gasteiger partial charge in [0, 0.05) is 47.1 Å². The lowest BCUT2D eigenvalue weighted by molar-refractivity contribution is -0.112. The van der Waals surface area contributed by atoms with Crippen molar-refractivity contribution < 1.29 is 4.79 Å². The number of allylic oxidation sites excluding steroid dienone is 6. The minimum absolute atomic E-state index is 0.182. The van der Waals surface area contributed by atoms with Gasteiger partial charge in [-0.05, 0) is 120 Å². The van der Waals surface area contributed by atoms with Gasteiger partial charge in [0.25, 0.3) is 5.91 Å². The fourth-order valence-electron chi connectivity index (χ4n) is 6.98. The lowest BCUT2D eigenvalue weighted by Crippen LogP contribution is -2.15. The Morgan fingerprint density at radius 1 is 0.660 bits per heavy atom. The molecule has 0 saturated heterocycles. The van der Waals surface area contributed by atoms with Crippen LogP contribution >= 0.6 is 0 Å². The Morgan fingerprint density at radius 2 is 1.18 bits per heavy atom. The molecule has 2 aliphatic rings. The molecule has 2 aliphatic heterocycles. The molecule has 0 saturated carbocycles. The van der Waals surface area contributed by atoms with Crippen molar-refractivity contribution in [3.63, 3.8) is 0 Å². The van der Waals surface area contributed by atoms with Gasteiger partial charge in [0.05, 0.1) is 0 Å². The lowest BCUT2D eigenvalue weighted by atomic mass is 9.92. The van der Waals surface area contributed by atoms with Gasteiger partial charge in [0.1, 0.15) is 0 Å². The Hall–Kier alpha value is -6.13. The number of hydrogen-bond donors (Lipinski definition) is 1. The highest BCUT2D eigenvalue weighted by atomic mass is 16.1. The van der Waals surface area contributed by atoms with Crippen LogP contribution in [0.3, 0.4) is 0 Å². The molecule has 7 rings (SSSR count). The molecule has 0 atom stereocenters. The minimum atomic E-state index is -0.182. The summed E-state index contributed by atoms with van der Waals surface area (Å²) >= 11 is 0. The van der Waals surface area contributed by atoms with Crippen LogP contribution < -0.4 is 15.1 Å².